The van der Waals surface area contributed by atoms with Crippen LogP contribution in [0.4, 0.5) is 10.2 Å². The molecule has 2 aromatic heterocycles. The molecule has 2 amide bonds. The lowest BCUT2D eigenvalue weighted by molar-refractivity contribution is -0.123. The molecule has 9 heteroatoms. The Morgan fingerprint density at radius 1 is 1.10 bits per heavy atom. The number of amides is 2. The number of fused-ring (bicyclic) bond motifs is 1. The van der Waals surface area contributed by atoms with Gasteiger partial charge in [0.2, 0.25) is 11.8 Å². The molecule has 1 unspecified atom stereocenters. The number of nitrogens with one attached hydrogen (secondary N) is 1. The molecule has 1 N–H and O–H groups in total. The standard InChI is InChI=1S/C31H32FN5O2S/c1-20-9-7-13-24(15-20)37-30-27(29(35-37)31(2,3)4)28(21-10-8-11-22(32)16-21)40-19-26(39)36(30)18-25(38)34-17-23-12-5-6-14-33-23/h5-16,28H,17-19H2,1-4H3,(H,34,38). The first kappa shape index (κ1) is 27.6. The molecule has 7 nitrogen and oxygen atoms in total. The molecule has 40 heavy (non-hydrogen) atoms. The van der Waals surface area contributed by atoms with Crippen LogP contribution in [0.2, 0.25) is 0 Å². The SMILES string of the molecule is Cc1cccc(-n2nc(C(C)(C)C)c3c2N(CC(=O)NCc2ccccn2)C(=O)CSC3c2cccc(F)c2)c1. The smallest absolute Gasteiger partial charge is 0.240 e. The second-order valence-electron chi connectivity index (χ2n) is 10.9. The maximum absolute atomic E-state index is 14.4. The van der Waals surface area contributed by atoms with Crippen molar-refractivity contribution in [2.24, 2.45) is 0 Å². The molecule has 0 aliphatic carbocycles. The summed E-state index contributed by atoms with van der Waals surface area (Å²) in [5.74, 6) is -0.209. The predicted molar refractivity (Wildman–Crippen MR) is 156 cm³/mol. The third-order valence-corrected chi connectivity index (χ3v) is 7.95. The maximum Gasteiger partial charge on any atom is 0.240 e. The summed E-state index contributed by atoms with van der Waals surface area (Å²) in [4.78, 5) is 32.8. The number of aromatic nitrogens is 3. The molecule has 206 valence electrons. The number of nitrogens with zero attached hydrogens (tertiary/aromatic N) is 4. The van der Waals surface area contributed by atoms with Crippen LogP contribution in [-0.4, -0.2) is 38.9 Å². The number of thioether (sulfide) groups is 1. The van der Waals surface area contributed by atoms with E-state index in [0.29, 0.717) is 5.82 Å². The van der Waals surface area contributed by atoms with Crippen LogP contribution in [0.1, 0.15) is 54.1 Å². The summed E-state index contributed by atoms with van der Waals surface area (Å²) < 4.78 is 16.2. The van der Waals surface area contributed by atoms with Crippen molar-refractivity contribution in [1.29, 1.82) is 0 Å². The van der Waals surface area contributed by atoms with Gasteiger partial charge in [-0.25, -0.2) is 9.07 Å². The lowest BCUT2D eigenvalue weighted by Crippen LogP contribution is -2.42. The van der Waals surface area contributed by atoms with Gasteiger partial charge in [0.25, 0.3) is 0 Å². The molecule has 1 aliphatic rings. The van der Waals surface area contributed by atoms with Gasteiger partial charge in [0.05, 0.1) is 34.6 Å². The van der Waals surface area contributed by atoms with Gasteiger partial charge in [-0.15, -0.1) is 11.8 Å². The monoisotopic (exact) mass is 557 g/mol. The van der Waals surface area contributed by atoms with Gasteiger partial charge in [0, 0.05) is 17.2 Å². The summed E-state index contributed by atoms with van der Waals surface area (Å²) in [7, 11) is 0. The van der Waals surface area contributed by atoms with Crippen LogP contribution in [0, 0.1) is 12.7 Å². The Bertz CT molecular complexity index is 1550. The minimum atomic E-state index is -0.397. The molecule has 0 spiro atoms. The van der Waals surface area contributed by atoms with Gasteiger partial charge in [-0.2, -0.15) is 5.10 Å². The van der Waals surface area contributed by atoms with Crippen LogP contribution < -0.4 is 10.2 Å². The lowest BCUT2D eigenvalue weighted by atomic mass is 9.87. The average Bonchev–Trinajstić information content (AvgIpc) is 3.26. The average molecular weight is 558 g/mol. The second-order valence-corrected chi connectivity index (χ2v) is 12.0. The predicted octanol–water partition coefficient (Wildman–Crippen LogP) is 5.50. The number of hydrogen-bond donors (Lipinski definition) is 1. The highest BCUT2D eigenvalue weighted by Gasteiger charge is 2.40. The van der Waals surface area contributed by atoms with Crippen LogP contribution in [0.5, 0.6) is 0 Å². The fourth-order valence-corrected chi connectivity index (χ4v) is 6.02. The fraction of sp³-hybridized carbons (Fsp3) is 0.290. The summed E-state index contributed by atoms with van der Waals surface area (Å²) in [6.07, 6.45) is 1.67. The number of benzene rings is 2. The van der Waals surface area contributed by atoms with Crippen LogP contribution in [-0.2, 0) is 21.5 Å². The quantitative estimate of drug-likeness (QED) is 0.339. The number of rotatable bonds is 6. The molecule has 0 bridgehead atoms. The number of halogens is 1. The summed E-state index contributed by atoms with van der Waals surface area (Å²) in [5.41, 5.74) is 4.49. The first-order valence-electron chi connectivity index (χ1n) is 13.2. The van der Waals surface area contributed by atoms with E-state index in [1.54, 1.807) is 16.9 Å². The molecule has 0 saturated carbocycles. The summed E-state index contributed by atoms with van der Waals surface area (Å²) in [5, 5.41) is 7.61. The van der Waals surface area contributed by atoms with E-state index >= 15 is 0 Å². The zero-order chi connectivity index (χ0) is 28.4. The van der Waals surface area contributed by atoms with Crippen LogP contribution in [0.3, 0.4) is 0 Å². The van der Waals surface area contributed by atoms with Crippen LogP contribution in [0.15, 0.2) is 72.9 Å². The molecular formula is C31H32FN5O2S. The number of hydrogen-bond acceptors (Lipinski definition) is 5. The molecule has 0 fully saturated rings. The van der Waals surface area contributed by atoms with Crippen molar-refractivity contribution in [1.82, 2.24) is 20.1 Å². The van der Waals surface area contributed by atoms with Crippen molar-refractivity contribution in [3.8, 4) is 5.69 Å². The number of pyridine rings is 1. The van der Waals surface area contributed by atoms with Crippen LogP contribution >= 0.6 is 11.8 Å². The minimum absolute atomic E-state index is 0.126. The molecule has 1 aliphatic heterocycles. The van der Waals surface area contributed by atoms with E-state index in [1.807, 2.05) is 55.5 Å². The normalized spacial score (nSPS) is 15.5. The summed E-state index contributed by atoms with van der Waals surface area (Å²) in [6, 6.07) is 19.9. The molecular weight excluding hydrogens is 525 g/mol. The van der Waals surface area contributed by atoms with E-state index < -0.39 is 5.41 Å². The largest absolute Gasteiger partial charge is 0.349 e. The first-order chi connectivity index (χ1) is 19.1. The van der Waals surface area contributed by atoms with Crippen LogP contribution in [0.25, 0.3) is 5.69 Å². The van der Waals surface area contributed by atoms with E-state index in [9.17, 15) is 14.0 Å². The maximum atomic E-state index is 14.4. The van der Waals surface area contributed by atoms with Crippen molar-refractivity contribution in [3.05, 3.63) is 107 Å². The first-order valence-corrected chi connectivity index (χ1v) is 14.2. The summed E-state index contributed by atoms with van der Waals surface area (Å²) in [6.45, 7) is 8.27. The Morgan fingerprint density at radius 2 is 1.90 bits per heavy atom. The lowest BCUT2D eigenvalue weighted by Gasteiger charge is -2.24. The second kappa shape index (κ2) is 11.3. The van der Waals surface area contributed by atoms with Gasteiger partial charge in [0.1, 0.15) is 18.2 Å². The van der Waals surface area contributed by atoms with Gasteiger partial charge < -0.3 is 5.32 Å². The van der Waals surface area contributed by atoms with Gasteiger partial charge in [-0.1, -0.05) is 51.1 Å². The van der Waals surface area contributed by atoms with E-state index in [1.165, 1.54) is 28.8 Å². The zero-order valence-corrected chi connectivity index (χ0v) is 23.8. The van der Waals surface area contributed by atoms with Crippen molar-refractivity contribution < 1.29 is 14.0 Å². The van der Waals surface area contributed by atoms with Gasteiger partial charge >= 0.3 is 0 Å². The number of anilines is 1. The molecule has 5 rings (SSSR count). The van der Waals surface area contributed by atoms with Crippen molar-refractivity contribution in [2.45, 2.75) is 44.9 Å². The molecule has 0 radical (unpaired) electrons. The molecule has 2 aromatic carbocycles. The van der Waals surface area contributed by atoms with Crippen molar-refractivity contribution >= 4 is 29.4 Å². The Hall–Kier alpha value is -3.98. The van der Waals surface area contributed by atoms with Crippen molar-refractivity contribution in [3.63, 3.8) is 0 Å². The van der Waals surface area contributed by atoms with Gasteiger partial charge in [-0.3, -0.25) is 19.5 Å². The number of carbonyl (C=O) groups excluding carboxylic acids is 2. The number of carbonyl (C=O) groups is 2. The highest BCUT2D eigenvalue weighted by Crippen LogP contribution is 2.48. The Labute approximate surface area is 237 Å². The Balaban J connectivity index is 1.66. The molecule has 0 saturated heterocycles. The topological polar surface area (TPSA) is 80.1 Å². The zero-order valence-electron chi connectivity index (χ0n) is 23.0. The van der Waals surface area contributed by atoms with E-state index in [0.717, 1.165) is 33.8 Å². The highest BCUT2D eigenvalue weighted by molar-refractivity contribution is 8.00. The summed E-state index contributed by atoms with van der Waals surface area (Å²) >= 11 is 1.43. The van der Waals surface area contributed by atoms with Gasteiger partial charge in [0.15, 0.2) is 0 Å². The van der Waals surface area contributed by atoms with Crippen molar-refractivity contribution in [2.75, 3.05) is 17.2 Å². The highest BCUT2D eigenvalue weighted by atomic mass is 32.2. The Morgan fingerprint density at radius 3 is 2.60 bits per heavy atom. The van der Waals surface area contributed by atoms with E-state index in [4.69, 9.17) is 5.10 Å². The Kier molecular flexibility index (Phi) is 7.76. The molecule has 3 heterocycles. The third-order valence-electron chi connectivity index (χ3n) is 6.69. The number of aryl methyl sites for hydroxylation is 1. The van der Waals surface area contributed by atoms with Gasteiger partial charge in [-0.05, 0) is 54.4 Å². The fourth-order valence-electron chi connectivity index (χ4n) is 4.84. The molecule has 1 atom stereocenters. The van der Waals surface area contributed by atoms with E-state index in [-0.39, 0.29) is 41.7 Å². The minimum Gasteiger partial charge on any atom is -0.349 e. The van der Waals surface area contributed by atoms with E-state index in [2.05, 4.69) is 31.1 Å². The molecule has 4 aromatic rings. The third kappa shape index (κ3) is 5.79.